The maximum Gasteiger partial charge on any atom is 0.266 e. The van der Waals surface area contributed by atoms with Crippen LogP contribution in [0.25, 0.3) is 28.0 Å². The van der Waals surface area contributed by atoms with E-state index < -0.39 is 15.3 Å². The second kappa shape index (κ2) is 11.2. The molecule has 0 spiro atoms. The van der Waals surface area contributed by atoms with Crippen LogP contribution >= 0.6 is 0 Å². The third kappa shape index (κ3) is 5.35. The van der Waals surface area contributed by atoms with Crippen LogP contribution in [0.1, 0.15) is 31.4 Å². The topological polar surface area (TPSA) is 124 Å². The Hall–Kier alpha value is -4.55. The van der Waals surface area contributed by atoms with E-state index in [9.17, 15) is 13.2 Å². The molecule has 3 aromatic heterocycles. The zero-order valence-electron chi connectivity index (χ0n) is 24.6. The van der Waals surface area contributed by atoms with Gasteiger partial charge < -0.3 is 15.0 Å². The number of para-hydroxylation sites is 1. The molecule has 0 amide bonds. The SMILES string of the molecule is Cc1c(-c2cc3cnc(Nc4ccc(OC5CCCN(C)C5)cc4)nc3n(-c3ccccc3)c2=O)ncn1S(=O)(=O)C1CC1. The van der Waals surface area contributed by atoms with E-state index in [1.54, 1.807) is 19.2 Å². The number of anilines is 2. The van der Waals surface area contributed by atoms with Gasteiger partial charge in [-0.2, -0.15) is 4.98 Å². The molecule has 226 valence electrons. The van der Waals surface area contributed by atoms with Crippen LogP contribution in [0.15, 0.2) is 78.0 Å². The van der Waals surface area contributed by atoms with Gasteiger partial charge in [0.05, 0.1) is 27.9 Å². The van der Waals surface area contributed by atoms with E-state index in [1.165, 1.54) is 14.9 Å². The van der Waals surface area contributed by atoms with Crippen LogP contribution < -0.4 is 15.6 Å². The number of likely N-dealkylation sites (N-methyl/N-ethyl adjacent to an activating group) is 1. The fraction of sp³-hybridized carbons (Fsp3) is 0.312. The Kier molecular flexibility index (Phi) is 7.17. The fourth-order valence-electron chi connectivity index (χ4n) is 5.74. The van der Waals surface area contributed by atoms with Crippen molar-refractivity contribution in [2.45, 2.75) is 44.0 Å². The predicted octanol–water partition coefficient (Wildman–Crippen LogP) is 4.51. The van der Waals surface area contributed by atoms with Gasteiger partial charge in [0.15, 0.2) is 5.65 Å². The molecule has 12 heteroatoms. The number of rotatable bonds is 8. The highest BCUT2D eigenvalue weighted by Gasteiger charge is 2.38. The van der Waals surface area contributed by atoms with Crippen LogP contribution in [0.3, 0.4) is 0 Å². The molecule has 2 aliphatic rings. The summed E-state index contributed by atoms with van der Waals surface area (Å²) < 4.78 is 34.8. The molecule has 2 fully saturated rings. The summed E-state index contributed by atoms with van der Waals surface area (Å²) in [6.07, 6.45) is 6.56. The Morgan fingerprint density at radius 2 is 1.77 bits per heavy atom. The lowest BCUT2D eigenvalue weighted by atomic mass is 10.1. The molecule has 1 unspecified atom stereocenters. The summed E-state index contributed by atoms with van der Waals surface area (Å²) in [4.78, 5) is 30.0. The third-order valence-corrected chi connectivity index (χ3v) is 10.4. The number of pyridine rings is 1. The van der Waals surface area contributed by atoms with E-state index in [1.807, 2.05) is 54.6 Å². The zero-order valence-corrected chi connectivity index (χ0v) is 25.4. The second-order valence-electron chi connectivity index (χ2n) is 11.5. The minimum absolute atomic E-state index is 0.177. The number of fused-ring (bicyclic) bond motifs is 1. The van der Waals surface area contributed by atoms with E-state index in [4.69, 9.17) is 9.72 Å². The molecular weight excluding hydrogens is 578 g/mol. The van der Waals surface area contributed by atoms with Crippen molar-refractivity contribution in [3.8, 4) is 22.7 Å². The highest BCUT2D eigenvalue weighted by Crippen LogP contribution is 2.33. The Balaban J connectivity index is 1.24. The molecule has 5 aromatic rings. The van der Waals surface area contributed by atoms with Gasteiger partial charge in [0.25, 0.3) is 5.56 Å². The lowest BCUT2D eigenvalue weighted by Crippen LogP contribution is -2.38. The lowest BCUT2D eigenvalue weighted by molar-refractivity contribution is 0.104. The molecule has 44 heavy (non-hydrogen) atoms. The molecule has 1 N–H and O–H groups in total. The minimum Gasteiger partial charge on any atom is -0.489 e. The van der Waals surface area contributed by atoms with Crippen molar-refractivity contribution in [2.24, 2.45) is 0 Å². The smallest absolute Gasteiger partial charge is 0.266 e. The van der Waals surface area contributed by atoms with Gasteiger partial charge in [-0.3, -0.25) is 9.36 Å². The average Bonchev–Trinajstić information content (AvgIpc) is 3.81. The first kappa shape index (κ1) is 28.2. The van der Waals surface area contributed by atoms with Crippen LogP contribution in [-0.2, 0) is 10.0 Å². The van der Waals surface area contributed by atoms with Gasteiger partial charge >= 0.3 is 0 Å². The molecule has 11 nitrogen and oxygen atoms in total. The monoisotopic (exact) mass is 611 g/mol. The van der Waals surface area contributed by atoms with E-state index in [0.29, 0.717) is 46.9 Å². The van der Waals surface area contributed by atoms with Gasteiger partial charge in [-0.1, -0.05) is 18.2 Å². The standard InChI is InChI=1S/C32H33N7O4S/c1-21-29(34-20-38(21)44(41,42)27-14-15-27)28-17-22-18-33-32(36-30(22)39(31(28)40)24-7-4-3-5-8-24)35-23-10-12-25(13-11-23)43-26-9-6-16-37(2)19-26/h3-5,7-8,10-13,17-18,20,26-27H,6,9,14-16,19H2,1-2H3,(H,33,35,36). The van der Waals surface area contributed by atoms with E-state index in [-0.39, 0.29) is 17.2 Å². The van der Waals surface area contributed by atoms with Crippen LogP contribution in [0, 0.1) is 6.92 Å². The molecule has 1 saturated carbocycles. The molecule has 1 aliphatic carbocycles. The number of nitrogens with zero attached hydrogens (tertiary/aromatic N) is 6. The Bertz CT molecular complexity index is 2000. The van der Waals surface area contributed by atoms with Gasteiger partial charge in [-0.25, -0.2) is 22.4 Å². The molecule has 2 aromatic carbocycles. The molecule has 1 saturated heterocycles. The largest absolute Gasteiger partial charge is 0.489 e. The maximum atomic E-state index is 14.1. The summed E-state index contributed by atoms with van der Waals surface area (Å²) in [6, 6.07) is 18.6. The first-order valence-corrected chi connectivity index (χ1v) is 16.3. The number of aromatic nitrogens is 5. The summed E-state index contributed by atoms with van der Waals surface area (Å²) >= 11 is 0. The molecule has 0 radical (unpaired) electrons. The molecule has 1 atom stereocenters. The first-order chi connectivity index (χ1) is 21.3. The average molecular weight is 612 g/mol. The van der Waals surface area contributed by atoms with Crippen LogP contribution in [0.5, 0.6) is 5.75 Å². The van der Waals surface area contributed by atoms with E-state index in [0.717, 1.165) is 37.4 Å². The zero-order chi connectivity index (χ0) is 30.4. The Morgan fingerprint density at radius 1 is 1.00 bits per heavy atom. The number of likely N-dealkylation sites (tertiary alicyclic amines) is 1. The number of piperidine rings is 1. The highest BCUT2D eigenvalue weighted by atomic mass is 32.2. The number of benzene rings is 2. The van der Waals surface area contributed by atoms with Crippen LogP contribution in [0.4, 0.5) is 11.6 Å². The van der Waals surface area contributed by atoms with Gasteiger partial charge in [0.2, 0.25) is 16.0 Å². The fourth-order valence-corrected chi connectivity index (χ4v) is 7.44. The maximum absolute atomic E-state index is 14.1. The summed E-state index contributed by atoms with van der Waals surface area (Å²) in [6.45, 7) is 3.69. The lowest BCUT2D eigenvalue weighted by Gasteiger charge is -2.30. The van der Waals surface area contributed by atoms with Crippen LogP contribution in [-0.4, -0.2) is 68.3 Å². The van der Waals surface area contributed by atoms with Crippen molar-refractivity contribution in [1.29, 1.82) is 0 Å². The molecule has 1 aliphatic heterocycles. The van der Waals surface area contributed by atoms with Gasteiger partial charge in [0.1, 0.15) is 18.2 Å². The second-order valence-corrected chi connectivity index (χ2v) is 13.6. The van der Waals surface area contributed by atoms with Gasteiger partial charge in [-0.05, 0) is 88.7 Å². The minimum atomic E-state index is -3.55. The Morgan fingerprint density at radius 3 is 2.50 bits per heavy atom. The Labute approximate surface area is 255 Å². The summed E-state index contributed by atoms with van der Waals surface area (Å²) in [5, 5.41) is 3.45. The summed E-state index contributed by atoms with van der Waals surface area (Å²) in [5.74, 6) is 1.14. The van der Waals surface area contributed by atoms with Crippen molar-refractivity contribution in [3.05, 3.63) is 89.2 Å². The highest BCUT2D eigenvalue weighted by molar-refractivity contribution is 7.90. The van der Waals surface area contributed by atoms with Crippen molar-refractivity contribution in [3.63, 3.8) is 0 Å². The molecule has 0 bridgehead atoms. The molecule has 7 rings (SSSR count). The summed E-state index contributed by atoms with van der Waals surface area (Å²) in [5.41, 5.74) is 2.43. The third-order valence-electron chi connectivity index (χ3n) is 8.19. The van der Waals surface area contributed by atoms with Gasteiger partial charge in [0, 0.05) is 23.8 Å². The summed E-state index contributed by atoms with van der Waals surface area (Å²) in [7, 11) is -1.43. The van der Waals surface area contributed by atoms with Crippen molar-refractivity contribution in [1.82, 2.24) is 28.4 Å². The normalized spacial score (nSPS) is 17.5. The number of hydrogen-bond acceptors (Lipinski definition) is 9. The van der Waals surface area contributed by atoms with Crippen molar-refractivity contribution < 1.29 is 13.2 Å². The van der Waals surface area contributed by atoms with E-state index >= 15 is 0 Å². The number of hydrogen-bond donors (Lipinski definition) is 1. The number of ether oxygens (including phenoxy) is 1. The van der Waals surface area contributed by atoms with Gasteiger partial charge in [-0.15, -0.1) is 0 Å². The van der Waals surface area contributed by atoms with Crippen LogP contribution in [0.2, 0.25) is 0 Å². The van der Waals surface area contributed by atoms with E-state index in [2.05, 4.69) is 27.2 Å². The number of nitrogens with one attached hydrogen (secondary N) is 1. The molecular formula is C32H33N7O4S. The molecule has 4 heterocycles. The van der Waals surface area contributed by atoms with Crippen molar-refractivity contribution in [2.75, 3.05) is 25.5 Å². The first-order valence-electron chi connectivity index (χ1n) is 14.8. The quantitative estimate of drug-likeness (QED) is 0.270. The number of imidazole rings is 1. The predicted molar refractivity (Wildman–Crippen MR) is 169 cm³/mol. The van der Waals surface area contributed by atoms with Crippen molar-refractivity contribution >= 4 is 32.7 Å².